The summed E-state index contributed by atoms with van der Waals surface area (Å²) in [5, 5.41) is 56.6. The second-order valence-corrected chi connectivity index (χ2v) is 8.93. The maximum Gasteiger partial charge on any atom is 0.260 e. The van der Waals surface area contributed by atoms with Crippen molar-refractivity contribution in [2.45, 2.75) is 5.79 Å². The van der Waals surface area contributed by atoms with E-state index in [4.69, 9.17) is 18.9 Å². The van der Waals surface area contributed by atoms with Crippen LogP contribution in [0, 0.1) is 10.8 Å². The summed E-state index contributed by atoms with van der Waals surface area (Å²) in [5.41, 5.74) is -1.75. The van der Waals surface area contributed by atoms with Crippen molar-refractivity contribution in [1.82, 2.24) is 0 Å². The normalized spacial score (nSPS) is 12.4. The number of benzene rings is 2. The van der Waals surface area contributed by atoms with Crippen LogP contribution in [-0.4, -0.2) is 103 Å². The van der Waals surface area contributed by atoms with Crippen LogP contribution < -0.4 is 9.47 Å². The predicted molar refractivity (Wildman–Crippen MR) is 131 cm³/mol. The fourth-order valence-electron chi connectivity index (χ4n) is 3.35. The lowest BCUT2D eigenvalue weighted by Gasteiger charge is -2.30. The highest BCUT2D eigenvalue weighted by atomic mass is 16.7. The van der Waals surface area contributed by atoms with Gasteiger partial charge in [-0.05, 0) is 48.5 Å². The molecule has 0 saturated heterocycles. The third kappa shape index (κ3) is 6.83. The molecule has 0 aromatic heterocycles. The van der Waals surface area contributed by atoms with Gasteiger partial charge in [-0.25, -0.2) is 0 Å². The molecule has 0 fully saturated rings. The van der Waals surface area contributed by atoms with Crippen molar-refractivity contribution in [2.75, 3.05) is 67.1 Å². The second-order valence-electron chi connectivity index (χ2n) is 8.93. The summed E-state index contributed by atoms with van der Waals surface area (Å²) in [4.78, 5) is 13.5. The van der Waals surface area contributed by atoms with E-state index in [-0.39, 0.29) is 18.8 Å². The minimum atomic E-state index is -1.77. The van der Waals surface area contributed by atoms with Crippen LogP contribution in [0.5, 0.6) is 11.5 Å². The molecule has 0 heterocycles. The molecule has 6 N–H and O–H groups in total. The third-order valence-electron chi connectivity index (χ3n) is 6.33. The molecule has 2 rings (SSSR count). The molecule has 0 aliphatic heterocycles. The zero-order valence-corrected chi connectivity index (χ0v) is 21.0. The Morgan fingerprint density at radius 1 is 0.622 bits per heavy atom. The number of hydrogen-bond acceptors (Lipinski definition) is 11. The largest absolute Gasteiger partial charge is 0.493 e. The molecule has 0 radical (unpaired) electrons. The third-order valence-corrected chi connectivity index (χ3v) is 6.33. The van der Waals surface area contributed by atoms with Crippen LogP contribution in [0.15, 0.2) is 48.5 Å². The Balaban J connectivity index is 2.19. The highest BCUT2D eigenvalue weighted by Crippen LogP contribution is 2.32. The first-order valence-electron chi connectivity index (χ1n) is 11.5. The molecule has 0 atom stereocenters. The first-order chi connectivity index (χ1) is 17.8. The molecular formula is C26H36O11. The van der Waals surface area contributed by atoms with E-state index in [0.29, 0.717) is 17.1 Å². The maximum absolute atomic E-state index is 13.5. The van der Waals surface area contributed by atoms with Gasteiger partial charge in [0.2, 0.25) is 5.78 Å². The fraction of sp³-hybridized carbons (Fsp3) is 0.500. The summed E-state index contributed by atoms with van der Waals surface area (Å²) in [6.07, 6.45) is 0. The van der Waals surface area contributed by atoms with Gasteiger partial charge in [0.25, 0.3) is 5.79 Å². The van der Waals surface area contributed by atoms with Crippen molar-refractivity contribution >= 4 is 5.78 Å². The molecule has 0 unspecified atom stereocenters. The van der Waals surface area contributed by atoms with Gasteiger partial charge >= 0.3 is 0 Å². The lowest BCUT2D eigenvalue weighted by Crippen LogP contribution is -2.40. The summed E-state index contributed by atoms with van der Waals surface area (Å²) >= 11 is 0. The number of aliphatic hydroxyl groups excluding tert-OH is 6. The first-order valence-corrected chi connectivity index (χ1v) is 11.5. The van der Waals surface area contributed by atoms with Gasteiger partial charge in [0.15, 0.2) is 0 Å². The topological polar surface area (TPSA) is 175 Å². The number of rotatable bonds is 17. The summed E-state index contributed by atoms with van der Waals surface area (Å²) in [6.45, 7) is -3.03. The zero-order chi connectivity index (χ0) is 27.5. The summed E-state index contributed by atoms with van der Waals surface area (Å²) in [6, 6.07) is 12.4. The monoisotopic (exact) mass is 524 g/mol. The minimum absolute atomic E-state index is 0.126. The van der Waals surface area contributed by atoms with Gasteiger partial charge in [-0.3, -0.25) is 4.79 Å². The summed E-state index contributed by atoms with van der Waals surface area (Å²) in [7, 11) is 2.67. The first kappa shape index (κ1) is 30.6. The Labute approximate surface area is 215 Å². The Bertz CT molecular complexity index is 931. The van der Waals surface area contributed by atoms with Crippen LogP contribution in [0.3, 0.4) is 0 Å². The molecule has 37 heavy (non-hydrogen) atoms. The zero-order valence-electron chi connectivity index (χ0n) is 21.0. The van der Waals surface area contributed by atoms with Crippen LogP contribution in [0.2, 0.25) is 0 Å². The number of aliphatic hydroxyl groups is 6. The molecular weight excluding hydrogens is 488 g/mol. The number of carbonyl (C=O) groups is 1. The molecule has 0 bridgehead atoms. The average Bonchev–Trinajstić information content (AvgIpc) is 2.97. The molecule has 0 aliphatic rings. The van der Waals surface area contributed by atoms with E-state index in [0.717, 1.165) is 0 Å². The van der Waals surface area contributed by atoms with E-state index in [2.05, 4.69) is 0 Å². The van der Waals surface area contributed by atoms with Gasteiger partial charge in [0.05, 0.1) is 50.5 Å². The number of ether oxygens (including phenoxy) is 4. The van der Waals surface area contributed by atoms with Gasteiger partial charge in [-0.15, -0.1) is 0 Å². The average molecular weight is 525 g/mol. The lowest BCUT2D eigenvalue weighted by atomic mass is 9.92. The van der Waals surface area contributed by atoms with Crippen LogP contribution in [0.25, 0.3) is 0 Å². The lowest BCUT2D eigenvalue weighted by molar-refractivity contribution is -0.176. The van der Waals surface area contributed by atoms with Crippen molar-refractivity contribution in [2.24, 2.45) is 10.8 Å². The minimum Gasteiger partial charge on any atom is -0.493 e. The molecule has 2 aromatic rings. The molecule has 206 valence electrons. The Morgan fingerprint density at radius 2 is 0.973 bits per heavy atom. The van der Waals surface area contributed by atoms with Gasteiger partial charge in [-0.1, -0.05) is 0 Å². The summed E-state index contributed by atoms with van der Waals surface area (Å²) in [5.74, 6) is -1.52. The molecule has 0 aliphatic carbocycles. The van der Waals surface area contributed by atoms with E-state index in [1.54, 1.807) is 24.3 Å². The molecule has 11 nitrogen and oxygen atoms in total. The Morgan fingerprint density at radius 3 is 1.30 bits per heavy atom. The Hall–Kier alpha value is -2.61. The van der Waals surface area contributed by atoms with Crippen molar-refractivity contribution in [3.8, 4) is 11.5 Å². The van der Waals surface area contributed by atoms with Crippen LogP contribution in [0.1, 0.15) is 15.9 Å². The van der Waals surface area contributed by atoms with E-state index in [1.807, 2.05) is 0 Å². The standard InChI is InChI=1S/C26H36O11/c1-34-26(35-2,20-5-9-22(10-6-20)37-18-25(14-30,15-31)16-32)23(33)19-3-7-21(8-4-19)36-17-24(11-27,12-28)13-29/h3-10,27-32H,11-18H2,1-2H3. The maximum atomic E-state index is 13.5. The van der Waals surface area contributed by atoms with Crippen molar-refractivity contribution in [1.29, 1.82) is 0 Å². The number of ketones is 1. The van der Waals surface area contributed by atoms with Crippen LogP contribution in [-0.2, 0) is 15.3 Å². The van der Waals surface area contributed by atoms with Gasteiger partial charge in [0, 0.05) is 25.3 Å². The SMILES string of the molecule is COC(OC)(C(=O)c1ccc(OCC(CO)(CO)CO)cc1)c1ccc(OCC(CO)(CO)CO)cc1. The van der Waals surface area contributed by atoms with Gasteiger partial charge < -0.3 is 49.6 Å². The number of carbonyl (C=O) groups excluding carboxylic acids is 1. The molecule has 2 aromatic carbocycles. The highest BCUT2D eigenvalue weighted by molar-refractivity contribution is 6.02. The smallest absolute Gasteiger partial charge is 0.260 e. The summed E-state index contributed by atoms with van der Waals surface area (Å²) < 4.78 is 22.2. The molecule has 0 spiro atoms. The van der Waals surface area contributed by atoms with Crippen molar-refractivity contribution in [3.63, 3.8) is 0 Å². The van der Waals surface area contributed by atoms with E-state index >= 15 is 0 Å². The van der Waals surface area contributed by atoms with E-state index in [9.17, 15) is 35.4 Å². The van der Waals surface area contributed by atoms with Crippen molar-refractivity contribution in [3.05, 3.63) is 59.7 Å². The van der Waals surface area contributed by atoms with Gasteiger partial charge in [-0.2, -0.15) is 0 Å². The quantitative estimate of drug-likeness (QED) is 0.118. The molecule has 11 heteroatoms. The number of methoxy groups -OCH3 is 2. The molecule has 0 amide bonds. The second kappa shape index (κ2) is 13.8. The highest BCUT2D eigenvalue weighted by Gasteiger charge is 2.42. The fourth-order valence-corrected chi connectivity index (χ4v) is 3.35. The number of hydrogen-bond donors (Lipinski definition) is 6. The van der Waals surface area contributed by atoms with Crippen LogP contribution >= 0.6 is 0 Å². The number of Topliss-reactive ketones (excluding diaryl/α,β-unsaturated/α-hetero) is 1. The van der Waals surface area contributed by atoms with Crippen molar-refractivity contribution < 1.29 is 54.4 Å². The van der Waals surface area contributed by atoms with E-state index < -0.39 is 62.0 Å². The van der Waals surface area contributed by atoms with Gasteiger partial charge in [0.1, 0.15) is 24.7 Å². The predicted octanol–water partition coefficient (Wildman–Crippen LogP) is -0.301. The Kier molecular flexibility index (Phi) is 11.4. The molecule has 0 saturated carbocycles. The van der Waals surface area contributed by atoms with E-state index in [1.165, 1.54) is 38.5 Å². The van der Waals surface area contributed by atoms with Crippen LogP contribution in [0.4, 0.5) is 0 Å².